The van der Waals surface area contributed by atoms with Crippen molar-refractivity contribution in [2.45, 2.75) is 19.9 Å². The van der Waals surface area contributed by atoms with Crippen LogP contribution in [0.25, 0.3) is 0 Å². The third-order valence-electron chi connectivity index (χ3n) is 2.09. The maximum atomic E-state index is 11.6. The van der Waals surface area contributed by atoms with Crippen molar-refractivity contribution in [1.82, 2.24) is 0 Å². The number of thioether (sulfide) groups is 1. The fourth-order valence-electron chi connectivity index (χ4n) is 1.25. The van der Waals surface area contributed by atoms with Gasteiger partial charge in [0.2, 0.25) is 5.91 Å². The Labute approximate surface area is 111 Å². The third-order valence-corrected chi connectivity index (χ3v) is 3.55. The number of carbonyl (C=O) groups excluding carboxylic acids is 1. The van der Waals surface area contributed by atoms with Gasteiger partial charge in [0.05, 0.1) is 5.75 Å². The normalized spacial score (nSPS) is 12.2. The minimum absolute atomic E-state index is 0.0268. The summed E-state index contributed by atoms with van der Waals surface area (Å²) >= 11 is 7.40. The Bertz CT molecular complexity index is 396. The molecular formula is C12H17ClN2OS. The molecule has 0 radical (unpaired) electrons. The first kappa shape index (κ1) is 14.4. The average Bonchev–Trinajstić information content (AvgIpc) is 2.23. The highest BCUT2D eigenvalue weighted by Crippen LogP contribution is 2.20. The summed E-state index contributed by atoms with van der Waals surface area (Å²) in [5.74, 6) is 1.16. The lowest BCUT2D eigenvalue weighted by atomic mass is 10.2. The molecule has 0 heterocycles. The second kappa shape index (κ2) is 6.89. The molecule has 3 nitrogen and oxygen atoms in total. The number of benzene rings is 1. The topological polar surface area (TPSA) is 55.1 Å². The van der Waals surface area contributed by atoms with Gasteiger partial charge in [-0.1, -0.05) is 17.7 Å². The molecule has 1 aromatic rings. The predicted octanol–water partition coefficient (Wildman–Crippen LogP) is 2.67. The zero-order valence-electron chi connectivity index (χ0n) is 10.00. The van der Waals surface area contributed by atoms with Crippen LogP contribution in [0.15, 0.2) is 18.2 Å². The molecule has 1 amide bonds. The Morgan fingerprint density at radius 3 is 2.94 bits per heavy atom. The lowest BCUT2D eigenvalue weighted by molar-refractivity contribution is -0.113. The highest BCUT2D eigenvalue weighted by atomic mass is 35.5. The Kier molecular flexibility index (Phi) is 5.82. The van der Waals surface area contributed by atoms with Gasteiger partial charge < -0.3 is 11.1 Å². The summed E-state index contributed by atoms with van der Waals surface area (Å²) in [5, 5.41) is 3.46. The summed E-state index contributed by atoms with van der Waals surface area (Å²) in [6, 6.07) is 5.55. The second-order valence-electron chi connectivity index (χ2n) is 4.00. The molecule has 0 bridgehead atoms. The van der Waals surface area contributed by atoms with E-state index in [0.29, 0.717) is 10.8 Å². The summed E-state index contributed by atoms with van der Waals surface area (Å²) < 4.78 is 0. The molecule has 3 N–H and O–H groups in total. The van der Waals surface area contributed by atoms with E-state index in [1.54, 1.807) is 12.1 Å². The number of halogens is 1. The van der Waals surface area contributed by atoms with E-state index in [0.717, 1.165) is 17.0 Å². The first-order chi connectivity index (χ1) is 7.99. The first-order valence-corrected chi connectivity index (χ1v) is 6.91. The van der Waals surface area contributed by atoms with E-state index in [4.69, 9.17) is 17.3 Å². The number of nitrogens with one attached hydrogen (secondary N) is 1. The molecular weight excluding hydrogens is 256 g/mol. The number of amides is 1. The lowest BCUT2D eigenvalue weighted by Crippen LogP contribution is -2.20. The van der Waals surface area contributed by atoms with Crippen molar-refractivity contribution >= 4 is 35.0 Å². The smallest absolute Gasteiger partial charge is 0.234 e. The van der Waals surface area contributed by atoms with Gasteiger partial charge in [-0.2, -0.15) is 11.8 Å². The summed E-state index contributed by atoms with van der Waals surface area (Å²) in [4.78, 5) is 11.6. The van der Waals surface area contributed by atoms with Crippen LogP contribution in [0.1, 0.15) is 12.5 Å². The number of carbonyl (C=O) groups is 1. The van der Waals surface area contributed by atoms with Crippen LogP contribution in [0.3, 0.4) is 0 Å². The molecule has 1 unspecified atom stereocenters. The second-order valence-corrected chi connectivity index (χ2v) is 5.47. The van der Waals surface area contributed by atoms with Crippen molar-refractivity contribution in [2.75, 3.05) is 16.8 Å². The van der Waals surface area contributed by atoms with Crippen molar-refractivity contribution in [3.63, 3.8) is 0 Å². The van der Waals surface area contributed by atoms with Gasteiger partial charge in [0.15, 0.2) is 0 Å². The number of anilines is 1. The van der Waals surface area contributed by atoms with Gasteiger partial charge in [0.25, 0.3) is 0 Å². The van der Waals surface area contributed by atoms with Crippen molar-refractivity contribution < 1.29 is 4.79 Å². The van der Waals surface area contributed by atoms with Gasteiger partial charge in [0, 0.05) is 22.5 Å². The van der Waals surface area contributed by atoms with Gasteiger partial charge in [-0.25, -0.2) is 0 Å². The molecule has 0 aliphatic heterocycles. The van der Waals surface area contributed by atoms with E-state index in [1.807, 2.05) is 19.9 Å². The molecule has 0 aromatic heterocycles. The quantitative estimate of drug-likeness (QED) is 0.866. The summed E-state index contributed by atoms with van der Waals surface area (Å²) in [7, 11) is 0. The Morgan fingerprint density at radius 1 is 1.59 bits per heavy atom. The van der Waals surface area contributed by atoms with E-state index in [-0.39, 0.29) is 11.9 Å². The molecule has 0 fully saturated rings. The Hall–Kier alpha value is -0.710. The standard InChI is InChI=1S/C12H17ClN2OS/c1-8-3-4-10(13)5-11(8)15-12(16)7-17-6-9(2)14/h3-5,9H,6-7,14H2,1-2H3,(H,15,16). The molecule has 1 rings (SSSR count). The molecule has 0 aliphatic carbocycles. The number of hydrogen-bond donors (Lipinski definition) is 2. The fraction of sp³-hybridized carbons (Fsp3) is 0.417. The van der Waals surface area contributed by atoms with Crippen LogP contribution >= 0.6 is 23.4 Å². The molecule has 1 aromatic carbocycles. The SMILES string of the molecule is Cc1ccc(Cl)cc1NC(=O)CSCC(C)N. The van der Waals surface area contributed by atoms with Crippen LogP contribution in [0.2, 0.25) is 5.02 Å². The molecule has 0 saturated carbocycles. The zero-order chi connectivity index (χ0) is 12.8. The molecule has 17 heavy (non-hydrogen) atoms. The van der Waals surface area contributed by atoms with Crippen LogP contribution in [0.4, 0.5) is 5.69 Å². The van der Waals surface area contributed by atoms with Crippen LogP contribution in [0.5, 0.6) is 0 Å². The van der Waals surface area contributed by atoms with Crippen molar-refractivity contribution in [3.8, 4) is 0 Å². The van der Waals surface area contributed by atoms with Gasteiger partial charge in [-0.15, -0.1) is 0 Å². The average molecular weight is 273 g/mol. The number of aryl methyl sites for hydroxylation is 1. The zero-order valence-corrected chi connectivity index (χ0v) is 11.6. The van der Waals surface area contributed by atoms with Crippen molar-refractivity contribution in [3.05, 3.63) is 28.8 Å². The van der Waals surface area contributed by atoms with Gasteiger partial charge >= 0.3 is 0 Å². The van der Waals surface area contributed by atoms with E-state index in [1.165, 1.54) is 11.8 Å². The van der Waals surface area contributed by atoms with Gasteiger partial charge in [-0.3, -0.25) is 4.79 Å². The monoisotopic (exact) mass is 272 g/mol. The van der Waals surface area contributed by atoms with Gasteiger partial charge in [0.1, 0.15) is 0 Å². The molecule has 0 aliphatic rings. The van der Waals surface area contributed by atoms with Crippen LogP contribution < -0.4 is 11.1 Å². The largest absolute Gasteiger partial charge is 0.327 e. The van der Waals surface area contributed by atoms with E-state index < -0.39 is 0 Å². The maximum Gasteiger partial charge on any atom is 0.234 e. The van der Waals surface area contributed by atoms with Crippen molar-refractivity contribution in [1.29, 1.82) is 0 Å². The maximum absolute atomic E-state index is 11.6. The van der Waals surface area contributed by atoms with Crippen LogP contribution in [-0.4, -0.2) is 23.5 Å². The molecule has 0 saturated heterocycles. The fourth-order valence-corrected chi connectivity index (χ4v) is 2.17. The molecule has 0 spiro atoms. The predicted molar refractivity (Wildman–Crippen MR) is 75.8 cm³/mol. The van der Waals surface area contributed by atoms with E-state index >= 15 is 0 Å². The minimum Gasteiger partial charge on any atom is -0.327 e. The summed E-state index contributed by atoms with van der Waals surface area (Å²) in [6.45, 7) is 3.85. The van der Waals surface area contributed by atoms with Crippen molar-refractivity contribution in [2.24, 2.45) is 5.73 Å². The highest BCUT2D eigenvalue weighted by molar-refractivity contribution is 8.00. The van der Waals surface area contributed by atoms with Gasteiger partial charge in [-0.05, 0) is 31.5 Å². The lowest BCUT2D eigenvalue weighted by Gasteiger charge is -2.09. The number of hydrogen-bond acceptors (Lipinski definition) is 3. The third kappa shape index (κ3) is 5.44. The van der Waals surface area contributed by atoms with E-state index in [2.05, 4.69) is 5.32 Å². The molecule has 5 heteroatoms. The van der Waals surface area contributed by atoms with Crippen LogP contribution in [-0.2, 0) is 4.79 Å². The summed E-state index contributed by atoms with van der Waals surface area (Å²) in [5.41, 5.74) is 7.37. The van der Waals surface area contributed by atoms with Crippen LogP contribution in [0, 0.1) is 6.92 Å². The first-order valence-electron chi connectivity index (χ1n) is 5.38. The number of rotatable bonds is 5. The Balaban J connectivity index is 2.47. The Morgan fingerprint density at radius 2 is 2.29 bits per heavy atom. The highest BCUT2D eigenvalue weighted by Gasteiger charge is 2.06. The molecule has 1 atom stereocenters. The molecule has 94 valence electrons. The van der Waals surface area contributed by atoms with E-state index in [9.17, 15) is 4.79 Å². The summed E-state index contributed by atoms with van der Waals surface area (Å²) in [6.07, 6.45) is 0. The minimum atomic E-state index is -0.0268. The number of nitrogens with two attached hydrogens (primary N) is 1.